The molecule has 142 valence electrons. The summed E-state index contributed by atoms with van der Waals surface area (Å²) in [5.41, 5.74) is 3.11. The fourth-order valence-electron chi connectivity index (χ4n) is 2.60. The summed E-state index contributed by atoms with van der Waals surface area (Å²) in [6.07, 6.45) is 1.48. The minimum absolute atomic E-state index is 0.254. The number of amidine groups is 1. The van der Waals surface area contributed by atoms with E-state index in [-0.39, 0.29) is 5.91 Å². The first-order chi connectivity index (χ1) is 13.6. The molecule has 0 saturated heterocycles. The number of benzene rings is 2. The lowest BCUT2D eigenvalue weighted by atomic mass is 10.1. The minimum atomic E-state index is -0.254. The number of para-hydroxylation sites is 1. The molecule has 0 aliphatic carbocycles. The number of amides is 1. The number of aromatic nitrogens is 1. The lowest BCUT2D eigenvalue weighted by Crippen LogP contribution is -2.17. The van der Waals surface area contributed by atoms with E-state index in [9.17, 15) is 4.79 Å². The molecule has 0 aliphatic heterocycles. The van der Waals surface area contributed by atoms with Crippen molar-refractivity contribution in [3.63, 3.8) is 0 Å². The van der Waals surface area contributed by atoms with Crippen molar-refractivity contribution in [2.45, 2.75) is 6.54 Å². The summed E-state index contributed by atoms with van der Waals surface area (Å²) in [7, 11) is 1.72. The van der Waals surface area contributed by atoms with Gasteiger partial charge in [0.25, 0.3) is 5.91 Å². The number of nitrogens with zero attached hydrogens (tertiary/aromatic N) is 1. The van der Waals surface area contributed by atoms with E-state index in [1.54, 1.807) is 25.2 Å². The van der Waals surface area contributed by atoms with Crippen LogP contribution in [-0.4, -0.2) is 23.8 Å². The van der Waals surface area contributed by atoms with Crippen molar-refractivity contribution in [1.82, 2.24) is 10.3 Å². The predicted molar refractivity (Wildman–Crippen MR) is 113 cm³/mol. The van der Waals surface area contributed by atoms with Gasteiger partial charge in [0, 0.05) is 31.0 Å². The van der Waals surface area contributed by atoms with Crippen LogP contribution in [0.2, 0.25) is 5.02 Å². The Kier molecular flexibility index (Phi) is 6.24. The van der Waals surface area contributed by atoms with Crippen LogP contribution in [0.4, 0.5) is 11.5 Å². The molecule has 1 heterocycles. The molecule has 3 aromatic rings. The summed E-state index contributed by atoms with van der Waals surface area (Å²) in [5.74, 6) is 0.555. The number of rotatable bonds is 6. The largest absolute Gasteiger partial charge is 0.380 e. The fraction of sp³-hybridized carbons (Fsp3) is 0.0952. The number of nitrogens with one attached hydrogen (secondary N) is 4. The second-order valence-corrected chi connectivity index (χ2v) is 6.47. The van der Waals surface area contributed by atoms with Gasteiger partial charge in [-0.05, 0) is 29.8 Å². The molecule has 6 nitrogen and oxygen atoms in total. The standard InChI is InChI=1S/C21H20ClN5O/c1-24-20(23)15-8-6-14(7-9-15)12-25-18-5-3-2-4-17(18)21(28)27-19-11-10-16(22)13-26-19/h2-11,13,25H,12H2,1H3,(H2,23,24)(H,26,27,28). The highest BCUT2D eigenvalue weighted by Crippen LogP contribution is 2.18. The first kappa shape index (κ1) is 19.4. The van der Waals surface area contributed by atoms with Gasteiger partial charge >= 0.3 is 0 Å². The highest BCUT2D eigenvalue weighted by molar-refractivity contribution is 6.30. The molecule has 0 aliphatic rings. The van der Waals surface area contributed by atoms with Crippen molar-refractivity contribution >= 4 is 34.8 Å². The van der Waals surface area contributed by atoms with Crippen LogP contribution < -0.4 is 16.0 Å². The van der Waals surface area contributed by atoms with E-state index in [0.29, 0.717) is 28.8 Å². The molecule has 1 aromatic heterocycles. The van der Waals surface area contributed by atoms with E-state index in [4.69, 9.17) is 17.0 Å². The molecule has 3 rings (SSSR count). The summed E-state index contributed by atoms with van der Waals surface area (Å²) in [6, 6.07) is 18.3. The predicted octanol–water partition coefficient (Wildman–Crippen LogP) is 4.14. The van der Waals surface area contributed by atoms with Gasteiger partial charge in [0.2, 0.25) is 0 Å². The maximum atomic E-state index is 12.6. The van der Waals surface area contributed by atoms with Gasteiger partial charge in [-0.1, -0.05) is 48.0 Å². The average molecular weight is 394 g/mol. The second-order valence-electron chi connectivity index (χ2n) is 6.04. The molecular weight excluding hydrogens is 374 g/mol. The van der Waals surface area contributed by atoms with Crippen LogP contribution >= 0.6 is 11.6 Å². The van der Waals surface area contributed by atoms with Gasteiger partial charge in [-0.2, -0.15) is 0 Å². The van der Waals surface area contributed by atoms with Gasteiger partial charge in [-0.25, -0.2) is 4.98 Å². The molecule has 28 heavy (non-hydrogen) atoms. The molecule has 0 unspecified atom stereocenters. The molecular formula is C21H20ClN5O. The smallest absolute Gasteiger partial charge is 0.258 e. The van der Waals surface area contributed by atoms with Crippen LogP contribution in [0.1, 0.15) is 21.5 Å². The first-order valence-corrected chi connectivity index (χ1v) is 9.06. The molecule has 7 heteroatoms. The Morgan fingerprint density at radius 3 is 2.50 bits per heavy atom. The normalized spacial score (nSPS) is 10.2. The zero-order valence-corrected chi connectivity index (χ0v) is 16.0. The van der Waals surface area contributed by atoms with Gasteiger partial charge in [-0.15, -0.1) is 0 Å². The van der Waals surface area contributed by atoms with Gasteiger partial charge < -0.3 is 16.0 Å². The van der Waals surface area contributed by atoms with Crippen LogP contribution in [0.3, 0.4) is 0 Å². The van der Waals surface area contributed by atoms with Gasteiger partial charge in [0.05, 0.1) is 10.6 Å². The maximum Gasteiger partial charge on any atom is 0.258 e. The topological polar surface area (TPSA) is 89.9 Å². The number of carbonyl (C=O) groups excluding carboxylic acids is 1. The molecule has 0 bridgehead atoms. The third kappa shape index (κ3) is 4.86. The fourth-order valence-corrected chi connectivity index (χ4v) is 2.71. The minimum Gasteiger partial charge on any atom is -0.380 e. The summed E-state index contributed by atoms with van der Waals surface area (Å²) in [6.45, 7) is 0.552. The van der Waals surface area contributed by atoms with Crippen LogP contribution in [-0.2, 0) is 6.54 Å². The molecule has 0 fully saturated rings. The van der Waals surface area contributed by atoms with Gasteiger partial charge in [0.1, 0.15) is 11.7 Å². The van der Waals surface area contributed by atoms with Crippen molar-refractivity contribution in [2.75, 3.05) is 17.7 Å². The molecule has 0 atom stereocenters. The molecule has 0 spiro atoms. The van der Waals surface area contributed by atoms with Crippen molar-refractivity contribution in [3.8, 4) is 0 Å². The van der Waals surface area contributed by atoms with E-state index in [0.717, 1.165) is 16.8 Å². The number of pyridine rings is 1. The van der Waals surface area contributed by atoms with Crippen LogP contribution in [0.25, 0.3) is 0 Å². The first-order valence-electron chi connectivity index (χ1n) is 8.68. The lowest BCUT2D eigenvalue weighted by molar-refractivity contribution is 0.102. The van der Waals surface area contributed by atoms with Crippen LogP contribution in [0.15, 0.2) is 66.9 Å². The zero-order chi connectivity index (χ0) is 19.9. The SMILES string of the molecule is CNC(=N)c1ccc(CNc2ccccc2C(=O)Nc2ccc(Cl)cn2)cc1. The van der Waals surface area contributed by atoms with Gasteiger partial charge in [0.15, 0.2) is 0 Å². The third-order valence-corrected chi connectivity index (χ3v) is 4.34. The van der Waals surface area contributed by atoms with Crippen LogP contribution in [0, 0.1) is 5.41 Å². The number of halogens is 1. The Bertz CT molecular complexity index is 971. The van der Waals surface area contributed by atoms with Crippen molar-refractivity contribution in [2.24, 2.45) is 0 Å². The number of hydrogen-bond acceptors (Lipinski definition) is 4. The Hall–Kier alpha value is -3.38. The van der Waals surface area contributed by atoms with Crippen LogP contribution in [0.5, 0.6) is 0 Å². The lowest BCUT2D eigenvalue weighted by Gasteiger charge is -2.12. The molecule has 1 amide bonds. The molecule has 2 aromatic carbocycles. The number of hydrogen-bond donors (Lipinski definition) is 4. The quantitative estimate of drug-likeness (QED) is 0.374. The number of anilines is 2. The summed E-state index contributed by atoms with van der Waals surface area (Å²) in [4.78, 5) is 16.7. The van der Waals surface area contributed by atoms with E-state index in [1.165, 1.54) is 6.20 Å². The molecule has 0 saturated carbocycles. The zero-order valence-electron chi connectivity index (χ0n) is 15.3. The average Bonchev–Trinajstić information content (AvgIpc) is 2.74. The van der Waals surface area contributed by atoms with E-state index in [1.807, 2.05) is 42.5 Å². The Labute approximate surface area is 168 Å². The van der Waals surface area contributed by atoms with E-state index >= 15 is 0 Å². The highest BCUT2D eigenvalue weighted by Gasteiger charge is 2.12. The Morgan fingerprint density at radius 2 is 1.82 bits per heavy atom. The monoisotopic (exact) mass is 393 g/mol. The molecule has 4 N–H and O–H groups in total. The maximum absolute atomic E-state index is 12.6. The highest BCUT2D eigenvalue weighted by atomic mass is 35.5. The summed E-state index contributed by atoms with van der Waals surface area (Å²) >= 11 is 5.82. The van der Waals surface area contributed by atoms with Crippen molar-refractivity contribution in [1.29, 1.82) is 5.41 Å². The second kappa shape index (κ2) is 9.01. The van der Waals surface area contributed by atoms with E-state index < -0.39 is 0 Å². The third-order valence-electron chi connectivity index (χ3n) is 4.12. The van der Waals surface area contributed by atoms with Crippen molar-refractivity contribution < 1.29 is 4.79 Å². The number of carbonyl (C=O) groups is 1. The summed E-state index contributed by atoms with van der Waals surface area (Å²) in [5, 5.41) is 17.2. The Balaban J connectivity index is 1.69. The van der Waals surface area contributed by atoms with Gasteiger partial charge in [-0.3, -0.25) is 10.2 Å². The Morgan fingerprint density at radius 1 is 1.07 bits per heavy atom. The summed E-state index contributed by atoms with van der Waals surface area (Å²) < 4.78 is 0. The van der Waals surface area contributed by atoms with Crippen molar-refractivity contribution in [3.05, 3.63) is 88.6 Å². The van der Waals surface area contributed by atoms with E-state index in [2.05, 4.69) is 20.9 Å². The molecule has 0 radical (unpaired) electrons.